The van der Waals surface area contributed by atoms with Crippen molar-refractivity contribution in [3.63, 3.8) is 0 Å². The molecule has 102 valence electrons. The maximum atomic E-state index is 11.6. The van der Waals surface area contributed by atoms with E-state index in [1.807, 2.05) is 6.92 Å². The maximum absolute atomic E-state index is 11.6. The number of urea groups is 1. The lowest BCUT2D eigenvalue weighted by molar-refractivity contribution is -0.137. The zero-order chi connectivity index (χ0) is 13.5. The highest BCUT2D eigenvalue weighted by Gasteiger charge is 2.21. The first kappa shape index (κ1) is 14.3. The number of amides is 3. The first-order valence-electron chi connectivity index (χ1n) is 6.06. The van der Waals surface area contributed by atoms with Gasteiger partial charge in [0.15, 0.2) is 0 Å². The summed E-state index contributed by atoms with van der Waals surface area (Å²) in [5.74, 6) is -0.946. The van der Waals surface area contributed by atoms with Gasteiger partial charge in [-0.3, -0.25) is 9.59 Å². The Bertz CT molecular complexity index is 322. The molecule has 4 N–H and O–H groups in total. The Hall–Kier alpha value is -1.79. The van der Waals surface area contributed by atoms with Gasteiger partial charge in [-0.15, -0.1) is 0 Å². The zero-order valence-electron chi connectivity index (χ0n) is 10.4. The van der Waals surface area contributed by atoms with E-state index < -0.39 is 5.97 Å². The molecule has 3 amide bonds. The number of aliphatic carboxylic acids is 1. The van der Waals surface area contributed by atoms with Crippen LogP contribution in [0.2, 0.25) is 0 Å². The van der Waals surface area contributed by atoms with Gasteiger partial charge >= 0.3 is 12.0 Å². The van der Waals surface area contributed by atoms with Gasteiger partial charge in [-0.2, -0.15) is 0 Å². The summed E-state index contributed by atoms with van der Waals surface area (Å²) in [4.78, 5) is 33.1. The van der Waals surface area contributed by atoms with E-state index in [1.165, 1.54) is 0 Å². The van der Waals surface area contributed by atoms with Crippen LogP contribution in [0, 0.1) is 0 Å². The maximum Gasteiger partial charge on any atom is 0.315 e. The van der Waals surface area contributed by atoms with Crippen LogP contribution in [0.3, 0.4) is 0 Å². The summed E-state index contributed by atoms with van der Waals surface area (Å²) in [6, 6.07) is -0.852. The minimum Gasteiger partial charge on any atom is -0.481 e. The van der Waals surface area contributed by atoms with E-state index in [2.05, 4.69) is 16.0 Å². The Balaban J connectivity index is 2.31. The summed E-state index contributed by atoms with van der Waals surface area (Å²) in [6.07, 6.45) is 1.47. The fourth-order valence-electron chi connectivity index (χ4n) is 1.78. The minimum absolute atomic E-state index is 0.00855. The van der Waals surface area contributed by atoms with Gasteiger partial charge in [-0.1, -0.05) is 6.92 Å². The summed E-state index contributed by atoms with van der Waals surface area (Å²) >= 11 is 0. The van der Waals surface area contributed by atoms with Crippen molar-refractivity contribution in [3.05, 3.63) is 0 Å². The molecule has 0 saturated carbocycles. The number of carboxylic acid groups (broad SMARTS) is 1. The van der Waals surface area contributed by atoms with Gasteiger partial charge in [0.1, 0.15) is 0 Å². The largest absolute Gasteiger partial charge is 0.481 e. The molecule has 1 aliphatic heterocycles. The Morgan fingerprint density at radius 2 is 2.28 bits per heavy atom. The van der Waals surface area contributed by atoms with Crippen LogP contribution >= 0.6 is 0 Å². The molecule has 2 atom stereocenters. The number of carbonyl (C=O) groups excluding carboxylic acids is 2. The second kappa shape index (κ2) is 6.83. The quantitative estimate of drug-likeness (QED) is 0.548. The van der Waals surface area contributed by atoms with Gasteiger partial charge in [0.25, 0.3) is 0 Å². The molecule has 0 radical (unpaired) electrons. The summed E-state index contributed by atoms with van der Waals surface area (Å²) in [5, 5.41) is 16.7. The fourth-order valence-corrected chi connectivity index (χ4v) is 1.78. The lowest BCUT2D eigenvalue weighted by Crippen LogP contribution is -2.52. The lowest BCUT2D eigenvalue weighted by atomic mass is 10.1. The van der Waals surface area contributed by atoms with Crippen LogP contribution in [-0.4, -0.2) is 41.6 Å². The molecule has 1 fully saturated rings. The highest BCUT2D eigenvalue weighted by atomic mass is 16.4. The molecule has 0 aromatic carbocycles. The van der Waals surface area contributed by atoms with Crippen LogP contribution in [-0.2, 0) is 9.59 Å². The molecule has 1 rings (SSSR count). The molecule has 18 heavy (non-hydrogen) atoms. The van der Waals surface area contributed by atoms with E-state index in [0.29, 0.717) is 25.8 Å². The Morgan fingerprint density at radius 3 is 2.78 bits per heavy atom. The van der Waals surface area contributed by atoms with Gasteiger partial charge in [0.2, 0.25) is 5.91 Å². The molecule has 1 heterocycles. The highest BCUT2D eigenvalue weighted by molar-refractivity contribution is 5.78. The molecular formula is C11H19N3O4. The number of hydrogen-bond donors (Lipinski definition) is 4. The van der Waals surface area contributed by atoms with Crippen molar-refractivity contribution in [1.82, 2.24) is 16.0 Å². The third kappa shape index (κ3) is 5.03. The molecule has 0 aliphatic carbocycles. The predicted octanol–water partition coefficient (Wildman–Crippen LogP) is -0.182. The van der Waals surface area contributed by atoms with Crippen LogP contribution in [0.1, 0.15) is 32.6 Å². The van der Waals surface area contributed by atoms with Gasteiger partial charge in [-0.25, -0.2) is 4.79 Å². The fraction of sp³-hybridized carbons (Fsp3) is 0.727. The summed E-state index contributed by atoms with van der Waals surface area (Å²) in [5.41, 5.74) is 0. The van der Waals surface area contributed by atoms with Crippen molar-refractivity contribution in [2.75, 3.05) is 6.54 Å². The van der Waals surface area contributed by atoms with Crippen LogP contribution in [0.15, 0.2) is 0 Å². The number of piperidine rings is 1. The van der Waals surface area contributed by atoms with E-state index in [1.54, 1.807) is 0 Å². The van der Waals surface area contributed by atoms with Gasteiger partial charge in [-0.05, 0) is 12.8 Å². The number of carbonyl (C=O) groups is 3. The summed E-state index contributed by atoms with van der Waals surface area (Å²) < 4.78 is 0. The molecule has 0 aromatic heterocycles. The van der Waals surface area contributed by atoms with Gasteiger partial charge < -0.3 is 21.1 Å². The van der Waals surface area contributed by atoms with Crippen LogP contribution < -0.4 is 16.0 Å². The number of rotatable bonds is 5. The third-order valence-electron chi connectivity index (χ3n) is 2.85. The smallest absolute Gasteiger partial charge is 0.315 e. The lowest BCUT2D eigenvalue weighted by Gasteiger charge is -2.24. The van der Waals surface area contributed by atoms with Crippen LogP contribution in [0.25, 0.3) is 0 Å². The van der Waals surface area contributed by atoms with E-state index >= 15 is 0 Å². The van der Waals surface area contributed by atoms with Crippen molar-refractivity contribution < 1.29 is 19.5 Å². The molecule has 7 heteroatoms. The first-order valence-corrected chi connectivity index (χ1v) is 6.06. The predicted molar refractivity (Wildman–Crippen MR) is 64.0 cm³/mol. The molecule has 0 aromatic rings. The van der Waals surface area contributed by atoms with Gasteiger partial charge in [0.05, 0.1) is 6.42 Å². The average molecular weight is 257 g/mol. The second-order valence-corrected chi connectivity index (χ2v) is 4.36. The average Bonchev–Trinajstić information content (AvgIpc) is 2.30. The van der Waals surface area contributed by atoms with Crippen molar-refractivity contribution in [2.24, 2.45) is 0 Å². The molecule has 0 spiro atoms. The van der Waals surface area contributed by atoms with Crippen molar-refractivity contribution in [1.29, 1.82) is 0 Å². The highest BCUT2D eigenvalue weighted by Crippen LogP contribution is 2.03. The van der Waals surface area contributed by atoms with E-state index in [9.17, 15) is 14.4 Å². The Labute approximate surface area is 105 Å². The topological polar surface area (TPSA) is 108 Å². The summed E-state index contributed by atoms with van der Waals surface area (Å²) in [6.45, 7) is 2.23. The first-order chi connectivity index (χ1) is 8.51. The minimum atomic E-state index is -0.938. The molecule has 1 aliphatic rings. The molecule has 1 saturated heterocycles. The molecule has 0 bridgehead atoms. The number of carboxylic acids is 1. The summed E-state index contributed by atoms with van der Waals surface area (Å²) in [7, 11) is 0. The van der Waals surface area contributed by atoms with Crippen LogP contribution in [0.5, 0.6) is 0 Å². The zero-order valence-corrected chi connectivity index (χ0v) is 10.4. The van der Waals surface area contributed by atoms with Crippen molar-refractivity contribution in [3.8, 4) is 0 Å². The van der Waals surface area contributed by atoms with Crippen molar-refractivity contribution >= 4 is 17.9 Å². The molecule has 2 unspecified atom stereocenters. The Morgan fingerprint density at radius 1 is 1.56 bits per heavy atom. The van der Waals surface area contributed by atoms with E-state index in [-0.39, 0.29) is 30.4 Å². The normalized spacial score (nSPS) is 20.7. The second-order valence-electron chi connectivity index (χ2n) is 4.36. The molecule has 7 nitrogen and oxygen atoms in total. The standard InChI is InChI=1S/C11H19N3O4/c1-2-7(5-10(16)17)13-11(18)14-8-3-4-9(15)12-6-8/h7-8H,2-6H2,1H3,(H,12,15)(H,16,17)(H2,13,14,18). The van der Waals surface area contributed by atoms with Crippen molar-refractivity contribution in [2.45, 2.75) is 44.7 Å². The van der Waals surface area contributed by atoms with E-state index in [0.717, 1.165) is 0 Å². The SMILES string of the molecule is CCC(CC(=O)O)NC(=O)NC1CCC(=O)NC1. The third-order valence-corrected chi connectivity index (χ3v) is 2.85. The number of nitrogens with one attached hydrogen (secondary N) is 3. The van der Waals surface area contributed by atoms with Gasteiger partial charge in [0, 0.05) is 25.0 Å². The van der Waals surface area contributed by atoms with Crippen LogP contribution in [0.4, 0.5) is 4.79 Å². The molecular weight excluding hydrogens is 238 g/mol. The van der Waals surface area contributed by atoms with E-state index in [4.69, 9.17) is 5.11 Å². The monoisotopic (exact) mass is 257 g/mol. The number of hydrogen-bond acceptors (Lipinski definition) is 3. The Kier molecular flexibility index (Phi) is 5.41.